The predicted octanol–water partition coefficient (Wildman–Crippen LogP) is 1.17. The number of hydrogen-bond acceptors (Lipinski definition) is 1. The van der Waals surface area contributed by atoms with Crippen LogP contribution in [0.25, 0.3) is 0 Å². The maximum atomic E-state index is 12.1. The van der Waals surface area contributed by atoms with Gasteiger partial charge in [0.25, 0.3) is 5.56 Å². The first-order valence-electron chi connectivity index (χ1n) is 2.24. The van der Waals surface area contributed by atoms with E-state index in [0.717, 1.165) is 12.3 Å². The van der Waals surface area contributed by atoms with Crippen molar-refractivity contribution in [1.82, 2.24) is 4.98 Å². The van der Waals surface area contributed by atoms with Crippen molar-refractivity contribution in [3.63, 3.8) is 0 Å². The summed E-state index contributed by atoms with van der Waals surface area (Å²) in [5.41, 5.74) is -0.474. The van der Waals surface area contributed by atoms with Gasteiger partial charge in [-0.1, -0.05) is 11.6 Å². The summed E-state index contributed by atoms with van der Waals surface area (Å²) in [7, 11) is 0. The number of hydrogen-bond donors (Lipinski definition) is 1. The fourth-order valence-corrected chi connectivity index (χ4v) is 0.590. The molecule has 4 heteroatoms. The number of pyridine rings is 1. The summed E-state index contributed by atoms with van der Waals surface area (Å²) in [5, 5.41) is -0.130. The third-order valence-electron chi connectivity index (χ3n) is 0.823. The summed E-state index contributed by atoms with van der Waals surface area (Å²) in [6.07, 6.45) is 0.953. The first-order valence-corrected chi connectivity index (χ1v) is 2.61. The van der Waals surface area contributed by atoms with E-state index in [2.05, 4.69) is 4.98 Å². The van der Waals surface area contributed by atoms with Crippen molar-refractivity contribution in [3.8, 4) is 0 Å². The zero-order chi connectivity index (χ0) is 6.85. The van der Waals surface area contributed by atoms with Crippen LogP contribution in [0.1, 0.15) is 0 Å². The SMILES string of the molecule is O=c1[nH]cc(F)cc1Cl. The lowest BCUT2D eigenvalue weighted by Gasteiger charge is -1.86. The van der Waals surface area contributed by atoms with Crippen LogP contribution in [0.15, 0.2) is 17.1 Å². The second-order valence-corrected chi connectivity index (χ2v) is 1.90. The van der Waals surface area contributed by atoms with Gasteiger partial charge in [-0.25, -0.2) is 4.39 Å². The lowest BCUT2D eigenvalue weighted by Crippen LogP contribution is -2.04. The van der Waals surface area contributed by atoms with E-state index in [1.807, 2.05) is 0 Å². The van der Waals surface area contributed by atoms with Crippen LogP contribution >= 0.6 is 11.6 Å². The average molecular weight is 148 g/mol. The van der Waals surface area contributed by atoms with Crippen LogP contribution in [0.5, 0.6) is 0 Å². The quantitative estimate of drug-likeness (QED) is 0.587. The van der Waals surface area contributed by atoms with E-state index < -0.39 is 11.4 Å². The van der Waals surface area contributed by atoms with Crippen LogP contribution in [0.4, 0.5) is 4.39 Å². The van der Waals surface area contributed by atoms with Crippen molar-refractivity contribution >= 4 is 11.6 Å². The maximum absolute atomic E-state index is 12.1. The van der Waals surface area contributed by atoms with Crippen molar-refractivity contribution in [1.29, 1.82) is 0 Å². The Morgan fingerprint density at radius 3 is 2.78 bits per heavy atom. The summed E-state index contributed by atoms with van der Waals surface area (Å²) in [6, 6.07) is 0.959. The van der Waals surface area contributed by atoms with E-state index in [1.54, 1.807) is 0 Å². The van der Waals surface area contributed by atoms with Crippen LogP contribution < -0.4 is 5.56 Å². The number of aromatic nitrogens is 1. The molecule has 0 fully saturated rings. The zero-order valence-corrected chi connectivity index (χ0v) is 5.07. The number of halogens is 2. The number of aromatic amines is 1. The Bertz CT molecular complexity index is 270. The summed E-state index contributed by atoms with van der Waals surface area (Å²) in [4.78, 5) is 12.5. The molecule has 0 spiro atoms. The molecule has 0 radical (unpaired) electrons. The van der Waals surface area contributed by atoms with E-state index in [-0.39, 0.29) is 5.02 Å². The van der Waals surface area contributed by atoms with E-state index in [4.69, 9.17) is 11.6 Å². The molecule has 1 aromatic rings. The summed E-state index contributed by atoms with van der Waals surface area (Å²) in [6.45, 7) is 0. The van der Waals surface area contributed by atoms with Gasteiger partial charge in [-0.15, -0.1) is 0 Å². The standard InChI is InChI=1S/C5H3ClFNO/c6-4-1-3(7)2-8-5(4)9/h1-2H,(H,8,9). The minimum absolute atomic E-state index is 0.130. The van der Waals surface area contributed by atoms with Crippen molar-refractivity contribution in [3.05, 3.63) is 33.5 Å². The highest BCUT2D eigenvalue weighted by Crippen LogP contribution is 2.00. The van der Waals surface area contributed by atoms with Gasteiger partial charge in [0.1, 0.15) is 10.8 Å². The highest BCUT2D eigenvalue weighted by molar-refractivity contribution is 6.30. The van der Waals surface area contributed by atoms with E-state index >= 15 is 0 Å². The summed E-state index contributed by atoms with van der Waals surface area (Å²) in [5.74, 6) is -0.542. The summed E-state index contributed by atoms with van der Waals surface area (Å²) >= 11 is 5.23. The molecule has 0 unspecified atom stereocenters. The van der Waals surface area contributed by atoms with Gasteiger partial charge >= 0.3 is 0 Å². The topological polar surface area (TPSA) is 32.9 Å². The molecule has 0 saturated carbocycles. The minimum atomic E-state index is -0.542. The van der Waals surface area contributed by atoms with Gasteiger partial charge in [-0.05, 0) is 6.07 Å². The highest BCUT2D eigenvalue weighted by atomic mass is 35.5. The fourth-order valence-electron chi connectivity index (χ4n) is 0.432. The molecular formula is C5H3ClFNO. The number of H-pyrrole nitrogens is 1. The zero-order valence-electron chi connectivity index (χ0n) is 4.32. The van der Waals surface area contributed by atoms with Gasteiger partial charge in [0.05, 0.1) is 0 Å². The monoisotopic (exact) mass is 147 g/mol. The Kier molecular flexibility index (Phi) is 1.53. The second-order valence-electron chi connectivity index (χ2n) is 1.49. The van der Waals surface area contributed by atoms with Crippen LogP contribution in [0.2, 0.25) is 5.02 Å². The molecular weight excluding hydrogens is 145 g/mol. The van der Waals surface area contributed by atoms with Crippen LogP contribution in [0.3, 0.4) is 0 Å². The molecule has 1 heterocycles. The molecule has 1 aromatic heterocycles. The average Bonchev–Trinajstić information content (AvgIpc) is 1.80. The van der Waals surface area contributed by atoms with Gasteiger partial charge in [-0.3, -0.25) is 4.79 Å². The number of rotatable bonds is 0. The van der Waals surface area contributed by atoms with Crippen molar-refractivity contribution in [2.24, 2.45) is 0 Å². The Morgan fingerprint density at radius 2 is 2.33 bits per heavy atom. The molecule has 2 nitrogen and oxygen atoms in total. The Labute approximate surface area is 55.3 Å². The van der Waals surface area contributed by atoms with Crippen molar-refractivity contribution in [2.45, 2.75) is 0 Å². The van der Waals surface area contributed by atoms with Crippen LogP contribution in [-0.4, -0.2) is 4.98 Å². The van der Waals surface area contributed by atoms with Crippen molar-refractivity contribution < 1.29 is 4.39 Å². The summed E-state index contributed by atoms with van der Waals surface area (Å²) < 4.78 is 12.1. The van der Waals surface area contributed by atoms with Crippen LogP contribution in [-0.2, 0) is 0 Å². The molecule has 1 rings (SSSR count). The lowest BCUT2D eigenvalue weighted by atomic mass is 10.5. The largest absolute Gasteiger partial charge is 0.325 e. The molecule has 48 valence electrons. The molecule has 0 atom stereocenters. The Morgan fingerprint density at radius 1 is 1.67 bits per heavy atom. The molecule has 0 aliphatic carbocycles. The smallest absolute Gasteiger partial charge is 0.266 e. The molecule has 9 heavy (non-hydrogen) atoms. The molecule has 0 bridgehead atoms. The van der Waals surface area contributed by atoms with E-state index in [1.165, 1.54) is 0 Å². The molecule has 0 saturated heterocycles. The van der Waals surface area contributed by atoms with Gasteiger partial charge in [0.15, 0.2) is 0 Å². The maximum Gasteiger partial charge on any atom is 0.266 e. The first-order chi connectivity index (χ1) is 4.20. The molecule has 0 aliphatic rings. The van der Waals surface area contributed by atoms with Gasteiger partial charge < -0.3 is 4.98 Å². The third-order valence-corrected chi connectivity index (χ3v) is 1.10. The molecule has 0 aromatic carbocycles. The fraction of sp³-hybridized carbons (Fsp3) is 0. The third kappa shape index (κ3) is 1.29. The Balaban J connectivity index is 3.34. The lowest BCUT2D eigenvalue weighted by molar-refractivity contribution is 0.620. The minimum Gasteiger partial charge on any atom is -0.325 e. The van der Waals surface area contributed by atoms with Gasteiger partial charge in [-0.2, -0.15) is 0 Å². The first kappa shape index (κ1) is 6.29. The van der Waals surface area contributed by atoms with Crippen molar-refractivity contribution in [2.75, 3.05) is 0 Å². The molecule has 1 N–H and O–H groups in total. The molecule has 0 amide bonds. The normalized spacial score (nSPS) is 9.56. The number of nitrogens with one attached hydrogen (secondary N) is 1. The second kappa shape index (κ2) is 2.19. The molecule has 0 aliphatic heterocycles. The highest BCUT2D eigenvalue weighted by Gasteiger charge is 1.94. The predicted molar refractivity (Wildman–Crippen MR) is 32.0 cm³/mol. The van der Waals surface area contributed by atoms with Crippen LogP contribution in [0, 0.1) is 5.82 Å². The Hall–Kier alpha value is -0.830. The van der Waals surface area contributed by atoms with E-state index in [0.29, 0.717) is 0 Å². The van der Waals surface area contributed by atoms with Gasteiger partial charge in [0, 0.05) is 6.20 Å². The van der Waals surface area contributed by atoms with E-state index in [9.17, 15) is 9.18 Å². The van der Waals surface area contributed by atoms with Gasteiger partial charge in [0.2, 0.25) is 0 Å².